The van der Waals surface area contributed by atoms with E-state index >= 15 is 0 Å². The molecule has 1 aliphatic carbocycles. The lowest BCUT2D eigenvalue weighted by atomic mass is 10.1. The van der Waals surface area contributed by atoms with Gasteiger partial charge in [-0.3, -0.25) is 4.98 Å². The van der Waals surface area contributed by atoms with E-state index in [1.807, 2.05) is 12.3 Å². The minimum Gasteiger partial charge on any atom is -0.381 e. The third-order valence-corrected chi connectivity index (χ3v) is 3.97. The molecule has 0 radical (unpaired) electrons. The fourth-order valence-corrected chi connectivity index (χ4v) is 2.73. The third-order valence-electron chi connectivity index (χ3n) is 3.97. The minimum absolute atomic E-state index is 0.313. The van der Waals surface area contributed by atoms with Gasteiger partial charge in [0.2, 0.25) is 5.89 Å². The Bertz CT molecular complexity index is 563. The molecule has 1 saturated carbocycles. The Labute approximate surface area is 111 Å². The number of pyridine rings is 1. The fraction of sp³-hybridized carbons (Fsp3) is 0.500. The lowest BCUT2D eigenvalue weighted by Gasteiger charge is -1.98. The van der Waals surface area contributed by atoms with Gasteiger partial charge in [-0.25, -0.2) is 0 Å². The van der Waals surface area contributed by atoms with Crippen LogP contribution in [0.4, 0.5) is 0 Å². The number of hydrogen-bond donors (Lipinski definition) is 0. The van der Waals surface area contributed by atoms with E-state index < -0.39 is 0 Å². The molecule has 3 atom stereocenters. The summed E-state index contributed by atoms with van der Waals surface area (Å²) in [6.07, 6.45) is 5.79. The molecule has 0 amide bonds. The normalized spacial score (nSPS) is 29.6. The SMILES string of the molecule is c1cncc([C@@H]2C[C@@H]2c2nc([C@H]3CCOC3)no2)c1. The maximum atomic E-state index is 5.42. The van der Waals surface area contributed by atoms with Crippen LogP contribution in [0.5, 0.6) is 0 Å². The summed E-state index contributed by atoms with van der Waals surface area (Å²) in [7, 11) is 0. The van der Waals surface area contributed by atoms with Crippen LogP contribution < -0.4 is 0 Å². The molecule has 0 N–H and O–H groups in total. The molecule has 0 bridgehead atoms. The lowest BCUT2D eigenvalue weighted by molar-refractivity contribution is 0.192. The van der Waals surface area contributed by atoms with Gasteiger partial charge in [-0.2, -0.15) is 4.98 Å². The molecule has 2 aromatic rings. The van der Waals surface area contributed by atoms with Crippen LogP contribution in [-0.4, -0.2) is 28.3 Å². The van der Waals surface area contributed by atoms with Gasteiger partial charge in [-0.1, -0.05) is 11.2 Å². The Morgan fingerprint density at radius 1 is 1.26 bits per heavy atom. The number of rotatable bonds is 3. The first kappa shape index (κ1) is 11.1. The second kappa shape index (κ2) is 4.42. The van der Waals surface area contributed by atoms with Crippen LogP contribution in [0.3, 0.4) is 0 Å². The third kappa shape index (κ3) is 2.04. The van der Waals surface area contributed by atoms with Crippen molar-refractivity contribution in [1.82, 2.24) is 15.1 Å². The minimum atomic E-state index is 0.313. The molecule has 2 fully saturated rings. The lowest BCUT2D eigenvalue weighted by Crippen LogP contribution is -1.99. The Morgan fingerprint density at radius 3 is 3.05 bits per heavy atom. The smallest absolute Gasteiger partial charge is 0.230 e. The van der Waals surface area contributed by atoms with Crippen molar-refractivity contribution in [3.63, 3.8) is 0 Å². The predicted molar refractivity (Wildman–Crippen MR) is 66.8 cm³/mol. The van der Waals surface area contributed by atoms with Gasteiger partial charge < -0.3 is 9.26 Å². The summed E-state index contributed by atoms with van der Waals surface area (Å²) in [5.74, 6) is 2.75. The van der Waals surface area contributed by atoms with Crippen molar-refractivity contribution in [3.05, 3.63) is 41.8 Å². The topological polar surface area (TPSA) is 61.0 Å². The average molecular weight is 257 g/mol. The first-order valence-electron chi connectivity index (χ1n) is 6.73. The van der Waals surface area contributed by atoms with Crippen molar-refractivity contribution < 1.29 is 9.26 Å². The molecule has 1 saturated heterocycles. The van der Waals surface area contributed by atoms with Crippen LogP contribution in [0.2, 0.25) is 0 Å². The molecule has 0 unspecified atom stereocenters. The maximum absolute atomic E-state index is 5.42. The van der Waals surface area contributed by atoms with Crippen molar-refractivity contribution in [1.29, 1.82) is 0 Å². The van der Waals surface area contributed by atoms with Crippen molar-refractivity contribution in [2.24, 2.45) is 0 Å². The fourth-order valence-electron chi connectivity index (χ4n) is 2.73. The van der Waals surface area contributed by atoms with Gasteiger partial charge in [0.1, 0.15) is 0 Å². The number of nitrogens with zero attached hydrogens (tertiary/aromatic N) is 3. The first-order valence-corrected chi connectivity index (χ1v) is 6.73. The predicted octanol–water partition coefficient (Wildman–Crippen LogP) is 2.24. The van der Waals surface area contributed by atoms with Crippen LogP contribution in [0.25, 0.3) is 0 Å². The quantitative estimate of drug-likeness (QED) is 0.843. The van der Waals surface area contributed by atoms with Crippen molar-refractivity contribution in [2.75, 3.05) is 13.2 Å². The molecular formula is C14H15N3O2. The molecule has 2 aliphatic rings. The second-order valence-corrected chi connectivity index (χ2v) is 5.29. The largest absolute Gasteiger partial charge is 0.381 e. The zero-order valence-corrected chi connectivity index (χ0v) is 10.5. The van der Waals surface area contributed by atoms with E-state index in [1.165, 1.54) is 5.56 Å². The maximum Gasteiger partial charge on any atom is 0.230 e. The standard InChI is InChI=1S/C14H15N3O2/c1-2-9(7-15-4-1)11-6-12(11)14-16-13(17-19-14)10-3-5-18-8-10/h1-2,4,7,10-12H,3,5-6,8H2/t10-,11-,12-/m0/s1. The molecule has 98 valence electrons. The van der Waals surface area contributed by atoms with E-state index in [0.717, 1.165) is 37.8 Å². The molecule has 0 aromatic carbocycles. The number of hydrogen-bond acceptors (Lipinski definition) is 5. The Hall–Kier alpha value is -1.75. The highest BCUT2D eigenvalue weighted by atomic mass is 16.5. The Morgan fingerprint density at radius 2 is 2.26 bits per heavy atom. The summed E-state index contributed by atoms with van der Waals surface area (Å²) in [6, 6.07) is 4.08. The monoisotopic (exact) mass is 257 g/mol. The molecule has 2 aromatic heterocycles. The van der Waals surface area contributed by atoms with Crippen LogP contribution in [0.15, 0.2) is 29.0 Å². The van der Waals surface area contributed by atoms with Gasteiger partial charge in [0.25, 0.3) is 0 Å². The summed E-state index contributed by atoms with van der Waals surface area (Å²) in [6.45, 7) is 1.52. The van der Waals surface area contributed by atoms with Gasteiger partial charge in [0.15, 0.2) is 5.82 Å². The van der Waals surface area contributed by atoms with Gasteiger partial charge >= 0.3 is 0 Å². The van der Waals surface area contributed by atoms with Gasteiger partial charge in [0.05, 0.1) is 6.61 Å². The van der Waals surface area contributed by atoms with Gasteiger partial charge in [0, 0.05) is 30.8 Å². The van der Waals surface area contributed by atoms with Crippen molar-refractivity contribution in [3.8, 4) is 0 Å². The summed E-state index contributed by atoms with van der Waals surface area (Å²) in [5, 5.41) is 4.11. The van der Waals surface area contributed by atoms with E-state index in [1.54, 1.807) is 6.20 Å². The molecule has 19 heavy (non-hydrogen) atoms. The van der Waals surface area contributed by atoms with E-state index in [9.17, 15) is 0 Å². The molecular weight excluding hydrogens is 242 g/mol. The molecule has 1 aliphatic heterocycles. The highest BCUT2D eigenvalue weighted by Gasteiger charge is 2.44. The van der Waals surface area contributed by atoms with Crippen molar-refractivity contribution >= 4 is 0 Å². The summed E-state index contributed by atoms with van der Waals surface area (Å²) >= 11 is 0. The number of ether oxygens (including phenoxy) is 1. The van der Waals surface area contributed by atoms with Crippen molar-refractivity contribution in [2.45, 2.75) is 30.6 Å². The Balaban J connectivity index is 1.49. The van der Waals surface area contributed by atoms with Crippen LogP contribution in [-0.2, 0) is 4.74 Å². The molecule has 4 rings (SSSR count). The first-order chi connectivity index (χ1) is 9.42. The Kier molecular flexibility index (Phi) is 2.58. The van der Waals surface area contributed by atoms with Crippen LogP contribution in [0.1, 0.15) is 47.9 Å². The molecule has 5 heteroatoms. The van der Waals surface area contributed by atoms with E-state index in [0.29, 0.717) is 17.8 Å². The van der Waals surface area contributed by atoms with Gasteiger partial charge in [-0.05, 0) is 30.4 Å². The zero-order valence-electron chi connectivity index (χ0n) is 10.5. The van der Waals surface area contributed by atoms with E-state index in [2.05, 4.69) is 21.2 Å². The average Bonchev–Trinajstić information content (AvgIpc) is 2.90. The molecule has 0 spiro atoms. The van der Waals surface area contributed by atoms with Gasteiger partial charge in [-0.15, -0.1) is 0 Å². The zero-order chi connectivity index (χ0) is 12.7. The summed E-state index contributed by atoms with van der Waals surface area (Å²) < 4.78 is 10.8. The highest BCUT2D eigenvalue weighted by Crippen LogP contribution is 2.53. The highest BCUT2D eigenvalue weighted by molar-refractivity contribution is 5.28. The van der Waals surface area contributed by atoms with Crippen LogP contribution in [0, 0.1) is 0 Å². The molecule has 5 nitrogen and oxygen atoms in total. The summed E-state index contributed by atoms with van der Waals surface area (Å²) in [5.41, 5.74) is 1.26. The number of aromatic nitrogens is 3. The summed E-state index contributed by atoms with van der Waals surface area (Å²) in [4.78, 5) is 8.71. The van der Waals surface area contributed by atoms with Crippen LogP contribution >= 0.6 is 0 Å². The van der Waals surface area contributed by atoms with E-state index in [-0.39, 0.29) is 0 Å². The second-order valence-electron chi connectivity index (χ2n) is 5.29. The molecule has 3 heterocycles. The van der Waals surface area contributed by atoms with E-state index in [4.69, 9.17) is 9.26 Å².